The van der Waals surface area contributed by atoms with E-state index in [2.05, 4.69) is 26.5 Å². The fourth-order valence-corrected chi connectivity index (χ4v) is 0. The number of unbranched alkanes of at least 4 members (excludes halogenated alkanes) is 1. The first-order chi connectivity index (χ1) is 2.91. The molecule has 0 N–H and O–H groups in total. The van der Waals surface area contributed by atoms with Crippen LogP contribution in [0.3, 0.4) is 0 Å². The average molecular weight is 106 g/mol. The van der Waals surface area contributed by atoms with Crippen molar-refractivity contribution >= 4 is 12.6 Å². The fraction of sp³-hybridized carbons (Fsp3) is 1.00. The van der Waals surface area contributed by atoms with Crippen LogP contribution >= 0.6 is 12.6 Å². The quantitative estimate of drug-likeness (QED) is 0.487. The van der Waals surface area contributed by atoms with E-state index in [4.69, 9.17) is 0 Å². The Bertz CT molecular complexity index is 5.90. The van der Waals surface area contributed by atoms with Crippen molar-refractivity contribution in [2.45, 2.75) is 26.7 Å². The van der Waals surface area contributed by atoms with E-state index in [0.29, 0.717) is 0 Å². The summed E-state index contributed by atoms with van der Waals surface area (Å²) in [7, 11) is 0. The van der Waals surface area contributed by atoms with Gasteiger partial charge in [-0.3, -0.25) is 0 Å². The molecule has 0 spiro atoms. The number of hydrogen-bond acceptors (Lipinski definition) is 1. The SMILES string of the molecule is CCCC.CS. The Labute approximate surface area is 46.4 Å². The third kappa shape index (κ3) is 26.8. The van der Waals surface area contributed by atoms with Gasteiger partial charge in [0.05, 0.1) is 0 Å². The fourth-order valence-electron chi connectivity index (χ4n) is 0. The second-order valence-corrected chi connectivity index (χ2v) is 1.000. The largest absolute Gasteiger partial charge is 0.183 e. The van der Waals surface area contributed by atoms with Crippen LogP contribution in [-0.2, 0) is 0 Å². The highest BCUT2D eigenvalue weighted by molar-refractivity contribution is 7.79. The maximum atomic E-state index is 3.53. The molecule has 0 radical (unpaired) electrons. The van der Waals surface area contributed by atoms with Gasteiger partial charge in [0.2, 0.25) is 0 Å². The lowest BCUT2D eigenvalue weighted by Gasteiger charge is -1.68. The molecule has 0 aromatic heterocycles. The highest BCUT2D eigenvalue weighted by Crippen LogP contribution is 1.76. The lowest BCUT2D eigenvalue weighted by atomic mass is 10.4. The van der Waals surface area contributed by atoms with E-state index in [-0.39, 0.29) is 0 Å². The van der Waals surface area contributed by atoms with Crippen molar-refractivity contribution in [3.8, 4) is 0 Å². The summed E-state index contributed by atoms with van der Waals surface area (Å²) in [6.45, 7) is 4.36. The minimum Gasteiger partial charge on any atom is -0.183 e. The van der Waals surface area contributed by atoms with Crippen molar-refractivity contribution in [2.24, 2.45) is 0 Å². The molecule has 0 aliphatic rings. The molecule has 1 heteroatoms. The smallest absolute Gasteiger partial charge is 0.0215 e. The Balaban J connectivity index is 0. The molecule has 0 rings (SSSR count). The van der Waals surface area contributed by atoms with Crippen LogP contribution in [0.4, 0.5) is 0 Å². The minimum atomic E-state index is 1.32. The molecular formula is C5H14S. The Morgan fingerprint density at radius 2 is 1.17 bits per heavy atom. The molecule has 0 aromatic carbocycles. The third-order valence-corrected chi connectivity index (χ3v) is 0.500. The topological polar surface area (TPSA) is 0 Å². The van der Waals surface area contributed by atoms with Gasteiger partial charge in [0, 0.05) is 0 Å². The second-order valence-electron chi connectivity index (χ2n) is 1.000. The van der Waals surface area contributed by atoms with Crippen molar-refractivity contribution in [3.05, 3.63) is 0 Å². The third-order valence-electron chi connectivity index (χ3n) is 0.500. The molecule has 0 aromatic rings. The van der Waals surface area contributed by atoms with Crippen molar-refractivity contribution in [1.29, 1.82) is 0 Å². The van der Waals surface area contributed by atoms with Crippen molar-refractivity contribution in [3.63, 3.8) is 0 Å². The summed E-state index contributed by atoms with van der Waals surface area (Å²) < 4.78 is 0. The van der Waals surface area contributed by atoms with Gasteiger partial charge in [-0.2, -0.15) is 12.6 Å². The zero-order valence-electron chi connectivity index (χ0n) is 4.86. The molecule has 0 atom stereocenters. The number of rotatable bonds is 1. The first-order valence-corrected chi connectivity index (χ1v) is 3.26. The first-order valence-electron chi connectivity index (χ1n) is 2.36. The summed E-state index contributed by atoms with van der Waals surface area (Å²) in [4.78, 5) is 0. The Morgan fingerprint density at radius 1 is 1.00 bits per heavy atom. The average Bonchev–Trinajstić information content (AvgIpc) is 1.72. The lowest BCUT2D eigenvalue weighted by Crippen LogP contribution is -1.47. The van der Waals surface area contributed by atoms with E-state index in [1.807, 2.05) is 0 Å². The summed E-state index contributed by atoms with van der Waals surface area (Å²) in [5.41, 5.74) is 0. The van der Waals surface area contributed by atoms with Crippen molar-refractivity contribution < 1.29 is 0 Å². The van der Waals surface area contributed by atoms with Gasteiger partial charge in [0.25, 0.3) is 0 Å². The molecule has 0 bridgehead atoms. The molecule has 0 amide bonds. The minimum absolute atomic E-state index is 1.32. The molecule has 6 heavy (non-hydrogen) atoms. The van der Waals surface area contributed by atoms with Gasteiger partial charge in [-0.25, -0.2) is 0 Å². The summed E-state index contributed by atoms with van der Waals surface area (Å²) >= 11 is 3.53. The standard InChI is InChI=1S/C4H10.CH4S/c1-3-4-2;1-2/h3-4H2,1-2H3;2H,1H3. The van der Waals surface area contributed by atoms with Crippen molar-refractivity contribution in [2.75, 3.05) is 6.26 Å². The molecular weight excluding hydrogens is 92.1 g/mol. The van der Waals surface area contributed by atoms with E-state index >= 15 is 0 Å². The van der Waals surface area contributed by atoms with Gasteiger partial charge in [0.15, 0.2) is 0 Å². The van der Waals surface area contributed by atoms with Gasteiger partial charge < -0.3 is 0 Å². The van der Waals surface area contributed by atoms with Gasteiger partial charge in [-0.05, 0) is 6.26 Å². The van der Waals surface area contributed by atoms with Crippen LogP contribution in [0.5, 0.6) is 0 Å². The first kappa shape index (κ1) is 9.61. The van der Waals surface area contributed by atoms with Crippen LogP contribution in [0.1, 0.15) is 26.7 Å². The zero-order valence-corrected chi connectivity index (χ0v) is 5.76. The lowest BCUT2D eigenvalue weighted by molar-refractivity contribution is 0.886. The van der Waals surface area contributed by atoms with E-state index in [1.54, 1.807) is 6.26 Å². The highest BCUT2D eigenvalue weighted by Gasteiger charge is 1.56. The Morgan fingerprint density at radius 3 is 1.17 bits per heavy atom. The maximum Gasteiger partial charge on any atom is -0.0215 e. The van der Waals surface area contributed by atoms with Crippen LogP contribution in [0, 0.1) is 0 Å². The molecule has 0 aliphatic heterocycles. The molecule has 0 nitrogen and oxygen atoms in total. The summed E-state index contributed by atoms with van der Waals surface area (Å²) in [5, 5.41) is 0. The van der Waals surface area contributed by atoms with Gasteiger partial charge in [-0.1, -0.05) is 26.7 Å². The summed E-state index contributed by atoms with van der Waals surface area (Å²) in [5.74, 6) is 0. The molecule has 40 valence electrons. The molecule has 0 aliphatic carbocycles. The summed E-state index contributed by atoms with van der Waals surface area (Å²) in [6.07, 6.45) is 4.33. The van der Waals surface area contributed by atoms with Gasteiger partial charge in [0.1, 0.15) is 0 Å². The van der Waals surface area contributed by atoms with E-state index in [1.165, 1.54) is 12.8 Å². The van der Waals surface area contributed by atoms with Crippen LogP contribution in [-0.4, -0.2) is 6.26 Å². The van der Waals surface area contributed by atoms with Crippen LogP contribution < -0.4 is 0 Å². The molecule has 0 heterocycles. The maximum absolute atomic E-state index is 3.53. The van der Waals surface area contributed by atoms with Crippen LogP contribution in [0.2, 0.25) is 0 Å². The van der Waals surface area contributed by atoms with E-state index < -0.39 is 0 Å². The van der Waals surface area contributed by atoms with Crippen LogP contribution in [0.15, 0.2) is 0 Å². The predicted molar refractivity (Wildman–Crippen MR) is 35.5 cm³/mol. The Kier molecular flexibility index (Phi) is 29.3. The normalized spacial score (nSPS) is 6.00. The predicted octanol–water partition coefficient (Wildman–Crippen LogP) is 2.35. The van der Waals surface area contributed by atoms with E-state index in [9.17, 15) is 0 Å². The summed E-state index contributed by atoms with van der Waals surface area (Å²) in [6, 6.07) is 0. The van der Waals surface area contributed by atoms with Gasteiger partial charge >= 0.3 is 0 Å². The number of hydrogen-bond donors (Lipinski definition) is 1. The highest BCUT2D eigenvalue weighted by atomic mass is 32.1. The second kappa shape index (κ2) is 18.3. The molecule has 0 saturated heterocycles. The zero-order chi connectivity index (χ0) is 5.41. The monoisotopic (exact) mass is 106 g/mol. The van der Waals surface area contributed by atoms with Crippen molar-refractivity contribution in [1.82, 2.24) is 0 Å². The Hall–Kier alpha value is 0.350. The van der Waals surface area contributed by atoms with E-state index in [0.717, 1.165) is 0 Å². The number of thiol groups is 1. The van der Waals surface area contributed by atoms with Gasteiger partial charge in [-0.15, -0.1) is 0 Å². The molecule has 0 unspecified atom stereocenters. The van der Waals surface area contributed by atoms with Crippen LogP contribution in [0.25, 0.3) is 0 Å². The molecule has 0 saturated carbocycles. The molecule has 0 fully saturated rings.